The number of hydrogen-bond acceptors (Lipinski definition) is 1. The predicted molar refractivity (Wildman–Crippen MR) is 81.0 cm³/mol. The molecule has 0 aromatic heterocycles. The van der Waals surface area contributed by atoms with Crippen molar-refractivity contribution in [3.63, 3.8) is 0 Å². The van der Waals surface area contributed by atoms with Gasteiger partial charge in [-0.2, -0.15) is 0 Å². The van der Waals surface area contributed by atoms with Gasteiger partial charge in [0, 0.05) is 0 Å². The minimum absolute atomic E-state index is 0.0190. The molecule has 2 nitrogen and oxygen atoms in total. The Morgan fingerprint density at radius 2 is 1.81 bits per heavy atom. The van der Waals surface area contributed by atoms with Gasteiger partial charge in [-0.1, -0.05) is 42.5 Å². The van der Waals surface area contributed by atoms with Crippen molar-refractivity contribution >= 4 is 16.7 Å². The smallest absolute Gasteiger partial charge is 0.336 e. The molecule has 3 heteroatoms. The molecular formula is C18H13FO2. The maximum absolute atomic E-state index is 13.4. The molecule has 0 heterocycles. The van der Waals surface area contributed by atoms with Crippen molar-refractivity contribution in [2.24, 2.45) is 0 Å². The average molecular weight is 280 g/mol. The van der Waals surface area contributed by atoms with Crippen LogP contribution in [0.25, 0.3) is 21.9 Å². The molecule has 0 aliphatic rings. The summed E-state index contributed by atoms with van der Waals surface area (Å²) in [4.78, 5) is 11.4. The quantitative estimate of drug-likeness (QED) is 0.741. The summed E-state index contributed by atoms with van der Waals surface area (Å²) < 4.78 is 13.4. The lowest BCUT2D eigenvalue weighted by Gasteiger charge is -2.13. The van der Waals surface area contributed by atoms with Crippen molar-refractivity contribution in [1.29, 1.82) is 0 Å². The average Bonchev–Trinajstić information content (AvgIpc) is 2.47. The van der Waals surface area contributed by atoms with Gasteiger partial charge in [0.25, 0.3) is 0 Å². The number of benzene rings is 3. The summed E-state index contributed by atoms with van der Waals surface area (Å²) in [6.45, 7) is 1.93. The third-order valence-electron chi connectivity index (χ3n) is 3.62. The molecule has 0 bridgehead atoms. The van der Waals surface area contributed by atoms with Crippen LogP contribution in [0.4, 0.5) is 4.39 Å². The summed E-state index contributed by atoms with van der Waals surface area (Å²) in [6, 6.07) is 15.6. The second-order valence-electron chi connectivity index (χ2n) is 4.97. The molecule has 0 radical (unpaired) electrons. The number of carbonyl (C=O) groups is 1. The maximum Gasteiger partial charge on any atom is 0.336 e. The molecule has 0 saturated carbocycles. The Balaban J connectivity index is 2.41. The van der Waals surface area contributed by atoms with E-state index in [4.69, 9.17) is 0 Å². The first-order valence-corrected chi connectivity index (χ1v) is 6.59. The zero-order valence-corrected chi connectivity index (χ0v) is 11.4. The van der Waals surface area contributed by atoms with Crippen molar-refractivity contribution in [3.05, 3.63) is 71.5 Å². The Bertz CT molecular complexity index is 853. The molecular weight excluding hydrogens is 267 g/mol. The minimum Gasteiger partial charge on any atom is -0.478 e. The van der Waals surface area contributed by atoms with Crippen LogP contribution in [0.3, 0.4) is 0 Å². The number of hydrogen-bond donors (Lipinski definition) is 1. The molecule has 104 valence electrons. The molecule has 21 heavy (non-hydrogen) atoms. The number of carboxylic acids is 1. The van der Waals surface area contributed by atoms with Gasteiger partial charge >= 0.3 is 5.97 Å². The molecule has 0 aliphatic carbocycles. The van der Waals surface area contributed by atoms with Crippen molar-refractivity contribution in [1.82, 2.24) is 0 Å². The summed E-state index contributed by atoms with van der Waals surface area (Å²) in [6.07, 6.45) is 0. The second kappa shape index (κ2) is 5.02. The normalized spacial score (nSPS) is 10.8. The van der Waals surface area contributed by atoms with Crippen molar-refractivity contribution < 1.29 is 14.3 Å². The van der Waals surface area contributed by atoms with Crippen molar-refractivity contribution in [2.45, 2.75) is 6.92 Å². The van der Waals surface area contributed by atoms with Gasteiger partial charge in [0.1, 0.15) is 5.82 Å². The van der Waals surface area contributed by atoms with E-state index in [1.807, 2.05) is 43.3 Å². The van der Waals surface area contributed by atoms with Crippen LogP contribution in [0.1, 0.15) is 15.9 Å². The molecule has 0 amide bonds. The lowest BCUT2D eigenvalue weighted by atomic mass is 9.91. The number of aryl methyl sites for hydroxylation is 1. The lowest BCUT2D eigenvalue weighted by Crippen LogP contribution is -2.01. The highest BCUT2D eigenvalue weighted by atomic mass is 19.1. The van der Waals surface area contributed by atoms with E-state index >= 15 is 0 Å². The van der Waals surface area contributed by atoms with Crippen LogP contribution in [0.2, 0.25) is 0 Å². The van der Waals surface area contributed by atoms with E-state index < -0.39 is 11.8 Å². The first kappa shape index (κ1) is 13.3. The number of carboxylic acid groups (broad SMARTS) is 1. The number of halogens is 1. The van der Waals surface area contributed by atoms with E-state index in [1.54, 1.807) is 0 Å². The lowest BCUT2D eigenvalue weighted by molar-refractivity contribution is 0.0697. The number of fused-ring (bicyclic) bond motifs is 1. The fourth-order valence-electron chi connectivity index (χ4n) is 2.65. The highest BCUT2D eigenvalue weighted by Gasteiger charge is 2.16. The third-order valence-corrected chi connectivity index (χ3v) is 3.62. The predicted octanol–water partition coefficient (Wildman–Crippen LogP) is 4.65. The van der Waals surface area contributed by atoms with Gasteiger partial charge in [-0.3, -0.25) is 0 Å². The van der Waals surface area contributed by atoms with Gasteiger partial charge in [-0.25, -0.2) is 9.18 Å². The summed E-state index contributed by atoms with van der Waals surface area (Å²) >= 11 is 0. The van der Waals surface area contributed by atoms with Gasteiger partial charge in [-0.05, 0) is 46.5 Å². The Morgan fingerprint density at radius 3 is 2.57 bits per heavy atom. The Kier molecular flexibility index (Phi) is 3.18. The fourth-order valence-corrected chi connectivity index (χ4v) is 2.65. The van der Waals surface area contributed by atoms with Gasteiger partial charge in [0.05, 0.1) is 5.56 Å². The number of rotatable bonds is 2. The van der Waals surface area contributed by atoms with Crippen LogP contribution in [0.5, 0.6) is 0 Å². The molecule has 1 N–H and O–H groups in total. The largest absolute Gasteiger partial charge is 0.478 e. The summed E-state index contributed by atoms with van der Waals surface area (Å²) in [5.74, 6) is -1.68. The number of aromatic carboxylic acids is 1. The third kappa shape index (κ3) is 2.27. The highest BCUT2D eigenvalue weighted by Crippen LogP contribution is 2.34. The van der Waals surface area contributed by atoms with E-state index in [-0.39, 0.29) is 5.56 Å². The zero-order valence-electron chi connectivity index (χ0n) is 11.4. The molecule has 0 aliphatic heterocycles. The Hall–Kier alpha value is -2.68. The summed E-state index contributed by atoms with van der Waals surface area (Å²) in [7, 11) is 0. The van der Waals surface area contributed by atoms with Gasteiger partial charge in [-0.15, -0.1) is 0 Å². The van der Waals surface area contributed by atoms with Crippen LogP contribution in [-0.4, -0.2) is 11.1 Å². The van der Waals surface area contributed by atoms with Crippen molar-refractivity contribution in [3.8, 4) is 11.1 Å². The highest BCUT2D eigenvalue weighted by molar-refractivity contribution is 6.04. The molecule has 3 aromatic rings. The van der Waals surface area contributed by atoms with E-state index in [2.05, 4.69) is 0 Å². The van der Waals surface area contributed by atoms with Crippen LogP contribution >= 0.6 is 0 Å². The fraction of sp³-hybridized carbons (Fsp3) is 0.0556. The maximum atomic E-state index is 13.4. The minimum atomic E-state index is -1.13. The van der Waals surface area contributed by atoms with Crippen LogP contribution in [-0.2, 0) is 0 Å². The molecule has 3 rings (SSSR count). The van der Waals surface area contributed by atoms with E-state index in [1.165, 1.54) is 12.1 Å². The standard InChI is InChI=1S/C18H13FO2/c1-11-6-7-12-4-2-3-5-14(12)17(11)15-9-8-13(19)10-16(15)18(20)21/h2-10H,1H3,(H,20,21). The SMILES string of the molecule is Cc1ccc2ccccc2c1-c1ccc(F)cc1C(=O)O. The first-order chi connectivity index (χ1) is 10.1. The van der Waals surface area contributed by atoms with Crippen LogP contribution in [0, 0.1) is 12.7 Å². The van der Waals surface area contributed by atoms with Gasteiger partial charge in [0.2, 0.25) is 0 Å². The molecule has 0 saturated heterocycles. The van der Waals surface area contributed by atoms with E-state index in [0.717, 1.165) is 28.0 Å². The monoisotopic (exact) mass is 280 g/mol. The van der Waals surface area contributed by atoms with Crippen molar-refractivity contribution in [2.75, 3.05) is 0 Å². The molecule has 0 fully saturated rings. The van der Waals surface area contributed by atoms with E-state index in [9.17, 15) is 14.3 Å². The molecule has 3 aromatic carbocycles. The van der Waals surface area contributed by atoms with Gasteiger partial charge < -0.3 is 5.11 Å². The van der Waals surface area contributed by atoms with E-state index in [0.29, 0.717) is 5.56 Å². The summed E-state index contributed by atoms with van der Waals surface area (Å²) in [5.41, 5.74) is 2.32. The molecule has 0 atom stereocenters. The van der Waals surface area contributed by atoms with Crippen LogP contribution < -0.4 is 0 Å². The first-order valence-electron chi connectivity index (χ1n) is 6.59. The molecule has 0 spiro atoms. The van der Waals surface area contributed by atoms with Gasteiger partial charge in [0.15, 0.2) is 0 Å². The molecule has 0 unspecified atom stereocenters. The Morgan fingerprint density at radius 1 is 1.05 bits per heavy atom. The topological polar surface area (TPSA) is 37.3 Å². The second-order valence-corrected chi connectivity index (χ2v) is 4.97. The summed E-state index contributed by atoms with van der Waals surface area (Å²) in [5, 5.41) is 11.3. The Labute approximate surface area is 121 Å². The zero-order chi connectivity index (χ0) is 15.0. The van der Waals surface area contributed by atoms with Crippen LogP contribution in [0.15, 0.2) is 54.6 Å².